The van der Waals surface area contributed by atoms with E-state index >= 15 is 0 Å². The quantitative estimate of drug-likeness (QED) is 0.305. The van der Waals surface area contributed by atoms with E-state index in [-0.39, 0.29) is 0 Å². The minimum atomic E-state index is 0.291. The fourth-order valence-electron chi connectivity index (χ4n) is 1.23. The zero-order valence-corrected chi connectivity index (χ0v) is 9.63. The fourth-order valence-corrected chi connectivity index (χ4v) is 1.23. The molecule has 0 saturated carbocycles. The van der Waals surface area contributed by atoms with Gasteiger partial charge in [-0.2, -0.15) is 0 Å². The fraction of sp³-hybridized carbons (Fsp3) is 0.818. The number of rotatable bonds is 10. The van der Waals surface area contributed by atoms with Gasteiger partial charge in [-0.1, -0.05) is 32.8 Å². The van der Waals surface area contributed by atoms with Crippen molar-refractivity contribution in [3.8, 4) is 0 Å². The minimum absolute atomic E-state index is 0.291. The highest BCUT2D eigenvalue weighted by molar-refractivity contribution is 6.18. The first-order valence-electron chi connectivity index (χ1n) is 5.65. The molecule has 14 heavy (non-hydrogen) atoms. The molecule has 0 aromatic carbocycles. The van der Waals surface area contributed by atoms with Crippen molar-refractivity contribution in [3.05, 3.63) is 12.7 Å². The van der Waals surface area contributed by atoms with Crippen LogP contribution in [0.3, 0.4) is 0 Å². The van der Waals surface area contributed by atoms with Gasteiger partial charge in [-0.3, -0.25) is 0 Å². The van der Waals surface area contributed by atoms with Crippen molar-refractivity contribution in [2.75, 3.05) is 6.61 Å². The summed E-state index contributed by atoms with van der Waals surface area (Å²) in [5.74, 6) is 0. The highest BCUT2D eigenvalue weighted by Gasteiger charge is 2.06. The van der Waals surface area contributed by atoms with Crippen LogP contribution in [0.1, 0.15) is 46.0 Å². The van der Waals surface area contributed by atoms with Crippen LogP contribution in [-0.4, -0.2) is 20.4 Å². The molecular formula is C11H23BO2. The summed E-state index contributed by atoms with van der Waals surface area (Å²) in [6.45, 7) is 8.85. The van der Waals surface area contributed by atoms with Crippen LogP contribution in [0.2, 0.25) is 0 Å². The molecule has 0 aliphatic heterocycles. The van der Waals surface area contributed by atoms with Crippen LogP contribution in [0.25, 0.3) is 0 Å². The number of hydrogen-bond donors (Lipinski definition) is 0. The molecule has 0 fully saturated rings. The molecule has 0 radical (unpaired) electrons. The molecule has 0 aromatic rings. The molecule has 0 saturated heterocycles. The van der Waals surface area contributed by atoms with Crippen LogP contribution >= 0.6 is 0 Å². The SMILES string of the molecule is C=CCC(CCC)OBOCCCC. The van der Waals surface area contributed by atoms with E-state index in [4.69, 9.17) is 9.31 Å². The second-order valence-electron chi connectivity index (χ2n) is 3.48. The van der Waals surface area contributed by atoms with Crippen LogP contribution in [0.5, 0.6) is 0 Å². The summed E-state index contributed by atoms with van der Waals surface area (Å²) in [5, 5.41) is 0. The Hall–Kier alpha value is -0.275. The highest BCUT2D eigenvalue weighted by atomic mass is 16.6. The van der Waals surface area contributed by atoms with Gasteiger partial charge >= 0.3 is 7.69 Å². The Kier molecular flexibility index (Phi) is 10.6. The third-order valence-electron chi connectivity index (χ3n) is 2.07. The Morgan fingerprint density at radius 3 is 2.71 bits per heavy atom. The Bertz CT molecular complexity index is 128. The molecule has 3 heteroatoms. The summed E-state index contributed by atoms with van der Waals surface area (Å²) in [4.78, 5) is 0. The molecule has 0 aliphatic rings. The van der Waals surface area contributed by atoms with Gasteiger partial charge in [-0.25, -0.2) is 0 Å². The zero-order chi connectivity index (χ0) is 10.6. The van der Waals surface area contributed by atoms with Crippen molar-refractivity contribution >= 4 is 7.69 Å². The average molecular weight is 198 g/mol. The lowest BCUT2D eigenvalue weighted by atomic mass is 10.1. The highest BCUT2D eigenvalue weighted by Crippen LogP contribution is 2.06. The van der Waals surface area contributed by atoms with Crippen LogP contribution in [0.15, 0.2) is 12.7 Å². The largest absolute Gasteiger partial charge is 0.438 e. The van der Waals surface area contributed by atoms with Gasteiger partial charge in [-0.05, 0) is 19.3 Å². The maximum absolute atomic E-state index is 5.58. The average Bonchev–Trinajstić information content (AvgIpc) is 2.18. The molecule has 1 atom stereocenters. The second-order valence-corrected chi connectivity index (χ2v) is 3.48. The summed E-state index contributed by atoms with van der Waals surface area (Å²) in [7, 11) is 0.429. The first kappa shape index (κ1) is 13.7. The van der Waals surface area contributed by atoms with Gasteiger partial charge in [0.2, 0.25) is 0 Å². The van der Waals surface area contributed by atoms with Crippen LogP contribution in [0, 0.1) is 0 Å². The maximum Gasteiger partial charge on any atom is 0.438 e. The van der Waals surface area contributed by atoms with E-state index in [1.54, 1.807) is 0 Å². The van der Waals surface area contributed by atoms with Gasteiger partial charge in [-0.15, -0.1) is 6.58 Å². The first-order valence-corrected chi connectivity index (χ1v) is 5.65. The molecule has 2 nitrogen and oxygen atoms in total. The zero-order valence-electron chi connectivity index (χ0n) is 9.63. The molecule has 0 N–H and O–H groups in total. The van der Waals surface area contributed by atoms with E-state index in [9.17, 15) is 0 Å². The van der Waals surface area contributed by atoms with E-state index in [2.05, 4.69) is 20.4 Å². The number of unbranched alkanes of at least 4 members (excludes halogenated alkanes) is 1. The van der Waals surface area contributed by atoms with Crippen molar-refractivity contribution in [1.82, 2.24) is 0 Å². The summed E-state index contributed by atoms with van der Waals surface area (Å²) in [5.41, 5.74) is 0. The molecule has 0 aromatic heterocycles. The van der Waals surface area contributed by atoms with Crippen molar-refractivity contribution < 1.29 is 9.31 Å². The summed E-state index contributed by atoms with van der Waals surface area (Å²) in [6.07, 6.45) is 7.64. The first-order chi connectivity index (χ1) is 6.85. The molecule has 0 bridgehead atoms. The molecule has 0 rings (SSSR count). The Morgan fingerprint density at radius 1 is 1.36 bits per heavy atom. The standard InChI is InChI=1S/C11H23BO2/c1-4-7-10-13-12-14-11(8-5-2)9-6-3/h5,11-12H,2,4,6-10H2,1,3H3. The molecular weight excluding hydrogens is 175 g/mol. The van der Waals surface area contributed by atoms with Gasteiger partial charge in [0.25, 0.3) is 0 Å². The monoisotopic (exact) mass is 198 g/mol. The lowest BCUT2D eigenvalue weighted by Crippen LogP contribution is -2.17. The minimum Gasteiger partial charge on any atom is -0.414 e. The predicted molar refractivity (Wildman–Crippen MR) is 62.6 cm³/mol. The van der Waals surface area contributed by atoms with Crippen LogP contribution in [-0.2, 0) is 9.31 Å². The normalized spacial score (nSPS) is 12.4. The van der Waals surface area contributed by atoms with Gasteiger partial charge in [0.15, 0.2) is 0 Å². The molecule has 0 spiro atoms. The third kappa shape index (κ3) is 8.33. The van der Waals surface area contributed by atoms with Gasteiger partial charge in [0.1, 0.15) is 0 Å². The summed E-state index contributed by atoms with van der Waals surface area (Å²) < 4.78 is 10.9. The predicted octanol–water partition coefficient (Wildman–Crippen LogP) is 2.83. The Labute approximate surface area is 89.0 Å². The molecule has 0 heterocycles. The molecule has 82 valence electrons. The van der Waals surface area contributed by atoms with E-state index in [0.717, 1.165) is 32.3 Å². The Balaban J connectivity index is 3.35. The third-order valence-corrected chi connectivity index (χ3v) is 2.07. The van der Waals surface area contributed by atoms with Crippen molar-refractivity contribution in [2.24, 2.45) is 0 Å². The van der Waals surface area contributed by atoms with Crippen molar-refractivity contribution in [1.29, 1.82) is 0 Å². The smallest absolute Gasteiger partial charge is 0.414 e. The topological polar surface area (TPSA) is 18.5 Å². The molecule has 0 amide bonds. The lowest BCUT2D eigenvalue weighted by Gasteiger charge is -2.14. The lowest BCUT2D eigenvalue weighted by molar-refractivity contribution is 0.148. The van der Waals surface area contributed by atoms with Crippen molar-refractivity contribution in [3.63, 3.8) is 0 Å². The van der Waals surface area contributed by atoms with Gasteiger partial charge in [0.05, 0.1) is 0 Å². The van der Waals surface area contributed by atoms with Crippen LogP contribution < -0.4 is 0 Å². The molecule has 0 aliphatic carbocycles. The van der Waals surface area contributed by atoms with Gasteiger partial charge < -0.3 is 9.31 Å². The van der Waals surface area contributed by atoms with Crippen LogP contribution in [0.4, 0.5) is 0 Å². The van der Waals surface area contributed by atoms with Gasteiger partial charge in [0, 0.05) is 12.7 Å². The second kappa shape index (κ2) is 10.8. The maximum atomic E-state index is 5.58. The summed E-state index contributed by atoms with van der Waals surface area (Å²) >= 11 is 0. The van der Waals surface area contributed by atoms with Crippen molar-refractivity contribution in [2.45, 2.75) is 52.1 Å². The Morgan fingerprint density at radius 2 is 2.14 bits per heavy atom. The van der Waals surface area contributed by atoms with E-state index < -0.39 is 0 Å². The summed E-state index contributed by atoms with van der Waals surface area (Å²) in [6, 6.07) is 0. The van der Waals surface area contributed by atoms with E-state index in [1.165, 1.54) is 6.42 Å². The van der Waals surface area contributed by atoms with E-state index in [1.807, 2.05) is 6.08 Å². The van der Waals surface area contributed by atoms with E-state index in [0.29, 0.717) is 13.8 Å². The molecule has 1 unspecified atom stereocenters. The number of hydrogen-bond acceptors (Lipinski definition) is 2.